The van der Waals surface area contributed by atoms with E-state index in [1.807, 2.05) is 0 Å². The first kappa shape index (κ1) is 11.4. The van der Waals surface area contributed by atoms with Crippen LogP contribution in [-0.4, -0.2) is 16.2 Å². The number of phenolic OH excluding ortho intramolecular Hbond substituents is 1. The van der Waals surface area contributed by atoms with E-state index in [1.54, 1.807) is 6.92 Å². The molecule has 0 heterocycles. The Bertz CT molecular complexity index is 605. The number of benzene rings is 2. The van der Waals surface area contributed by atoms with Gasteiger partial charge in [0.15, 0.2) is 0 Å². The zero-order valence-electron chi connectivity index (χ0n) is 9.20. The van der Waals surface area contributed by atoms with E-state index in [1.165, 1.54) is 24.3 Å². The van der Waals surface area contributed by atoms with Crippen LogP contribution in [0, 0.1) is 5.82 Å². The zero-order chi connectivity index (χ0) is 12.6. The number of hydrogen-bond donors (Lipinski definition) is 2. The highest BCUT2D eigenvalue weighted by Crippen LogP contribution is 2.31. The number of carboxylic acids is 1. The average molecular weight is 234 g/mol. The second-order valence-electron chi connectivity index (χ2n) is 3.77. The Labute approximate surface area is 97.1 Å². The Morgan fingerprint density at radius 1 is 1.29 bits per heavy atom. The summed E-state index contributed by atoms with van der Waals surface area (Å²) < 4.78 is 13.2. The first-order chi connectivity index (χ1) is 8.04. The van der Waals surface area contributed by atoms with Gasteiger partial charge in [0.1, 0.15) is 11.6 Å². The van der Waals surface area contributed by atoms with E-state index in [0.29, 0.717) is 22.8 Å². The highest BCUT2D eigenvalue weighted by atomic mass is 19.1. The summed E-state index contributed by atoms with van der Waals surface area (Å²) in [6, 6.07) is 5.15. The van der Waals surface area contributed by atoms with E-state index >= 15 is 0 Å². The first-order valence-electron chi connectivity index (χ1n) is 5.22. The molecule has 0 saturated heterocycles. The summed E-state index contributed by atoms with van der Waals surface area (Å²) in [7, 11) is 0. The lowest BCUT2D eigenvalue weighted by molar-refractivity contribution is 0.0695. The fourth-order valence-electron chi connectivity index (χ4n) is 2.01. The maximum Gasteiger partial charge on any atom is 0.336 e. The molecular weight excluding hydrogens is 223 g/mol. The molecule has 0 radical (unpaired) electrons. The van der Waals surface area contributed by atoms with Gasteiger partial charge in [0.05, 0.1) is 5.56 Å². The number of aryl methyl sites for hydroxylation is 1. The van der Waals surface area contributed by atoms with Crippen molar-refractivity contribution < 1.29 is 19.4 Å². The van der Waals surface area contributed by atoms with E-state index in [9.17, 15) is 14.3 Å². The summed E-state index contributed by atoms with van der Waals surface area (Å²) >= 11 is 0. The molecule has 2 N–H and O–H groups in total. The first-order valence-corrected chi connectivity index (χ1v) is 5.22. The van der Waals surface area contributed by atoms with E-state index in [0.717, 1.165) is 0 Å². The van der Waals surface area contributed by atoms with Crippen LogP contribution >= 0.6 is 0 Å². The maximum atomic E-state index is 13.2. The van der Waals surface area contributed by atoms with Crippen LogP contribution in [0.3, 0.4) is 0 Å². The Hall–Kier alpha value is -2.10. The highest BCUT2D eigenvalue weighted by molar-refractivity contribution is 6.00. The van der Waals surface area contributed by atoms with Crippen molar-refractivity contribution in [1.29, 1.82) is 0 Å². The van der Waals surface area contributed by atoms with Crippen molar-refractivity contribution in [2.75, 3.05) is 0 Å². The maximum absolute atomic E-state index is 13.2. The molecule has 17 heavy (non-hydrogen) atoms. The smallest absolute Gasteiger partial charge is 0.336 e. The average Bonchev–Trinajstić information content (AvgIpc) is 2.28. The predicted octanol–water partition coefficient (Wildman–Crippen LogP) is 2.95. The van der Waals surface area contributed by atoms with Gasteiger partial charge in [0, 0.05) is 5.39 Å². The molecule has 2 aromatic rings. The van der Waals surface area contributed by atoms with Gasteiger partial charge in [-0.1, -0.05) is 6.92 Å². The minimum absolute atomic E-state index is 0.0168. The molecule has 0 amide bonds. The molecule has 0 atom stereocenters. The third kappa shape index (κ3) is 1.82. The fraction of sp³-hybridized carbons (Fsp3) is 0.154. The number of rotatable bonds is 2. The molecule has 2 aromatic carbocycles. The number of halogens is 1. The van der Waals surface area contributed by atoms with Gasteiger partial charge in [0.2, 0.25) is 0 Å². The van der Waals surface area contributed by atoms with Crippen LogP contribution in [0.4, 0.5) is 4.39 Å². The molecule has 3 nitrogen and oxygen atoms in total. The molecule has 0 aliphatic carbocycles. The van der Waals surface area contributed by atoms with E-state index in [-0.39, 0.29) is 11.3 Å². The third-order valence-corrected chi connectivity index (χ3v) is 2.77. The normalized spacial score (nSPS) is 10.7. The van der Waals surface area contributed by atoms with Gasteiger partial charge >= 0.3 is 5.97 Å². The largest absolute Gasteiger partial charge is 0.507 e. The third-order valence-electron chi connectivity index (χ3n) is 2.77. The Kier molecular flexibility index (Phi) is 2.71. The zero-order valence-corrected chi connectivity index (χ0v) is 9.20. The van der Waals surface area contributed by atoms with Gasteiger partial charge in [-0.05, 0) is 41.6 Å². The Morgan fingerprint density at radius 3 is 2.59 bits per heavy atom. The monoisotopic (exact) mass is 234 g/mol. The fourth-order valence-corrected chi connectivity index (χ4v) is 2.01. The number of phenols is 1. The Morgan fingerprint density at radius 2 is 2.00 bits per heavy atom. The second-order valence-corrected chi connectivity index (χ2v) is 3.77. The lowest BCUT2D eigenvalue weighted by Crippen LogP contribution is -2.02. The molecular formula is C13H11FO3. The van der Waals surface area contributed by atoms with Gasteiger partial charge < -0.3 is 10.2 Å². The lowest BCUT2D eigenvalue weighted by Gasteiger charge is -2.10. The van der Waals surface area contributed by atoms with Crippen molar-refractivity contribution in [2.24, 2.45) is 0 Å². The molecule has 0 unspecified atom stereocenters. The molecule has 0 saturated carbocycles. The number of carbonyl (C=O) groups is 1. The summed E-state index contributed by atoms with van der Waals surface area (Å²) in [5.41, 5.74) is 0.549. The minimum atomic E-state index is -1.12. The van der Waals surface area contributed by atoms with E-state index in [2.05, 4.69) is 0 Å². The summed E-state index contributed by atoms with van der Waals surface area (Å²) in [6.45, 7) is 1.79. The van der Waals surface area contributed by atoms with Crippen molar-refractivity contribution in [1.82, 2.24) is 0 Å². The van der Waals surface area contributed by atoms with Gasteiger partial charge in [-0.2, -0.15) is 0 Å². The predicted molar refractivity (Wildman–Crippen MR) is 61.9 cm³/mol. The van der Waals surface area contributed by atoms with Crippen molar-refractivity contribution in [3.63, 3.8) is 0 Å². The topological polar surface area (TPSA) is 57.5 Å². The van der Waals surface area contributed by atoms with Crippen molar-refractivity contribution >= 4 is 16.7 Å². The van der Waals surface area contributed by atoms with Crippen molar-refractivity contribution in [3.8, 4) is 5.75 Å². The van der Waals surface area contributed by atoms with E-state index < -0.39 is 11.8 Å². The summed E-state index contributed by atoms with van der Waals surface area (Å²) in [5.74, 6) is -1.72. The molecule has 0 spiro atoms. The lowest BCUT2D eigenvalue weighted by atomic mass is 9.96. The molecule has 88 valence electrons. The van der Waals surface area contributed by atoms with Crippen LogP contribution in [0.15, 0.2) is 24.3 Å². The summed E-state index contributed by atoms with van der Waals surface area (Å²) in [6.07, 6.45) is 0.460. The van der Waals surface area contributed by atoms with Crippen molar-refractivity contribution in [2.45, 2.75) is 13.3 Å². The Balaban J connectivity index is 2.92. The molecule has 0 aliphatic heterocycles. The summed E-state index contributed by atoms with van der Waals surface area (Å²) in [4.78, 5) is 11.1. The number of carboxylic acid groups (broad SMARTS) is 1. The standard InChI is InChI=1S/C13H11FO3/c1-2-8-10-5-7(14)3-4-9(10)12(15)6-11(8)13(16)17/h3-6,15H,2H2,1H3,(H,16,17). The van der Waals surface area contributed by atoms with Crippen LogP contribution in [0.2, 0.25) is 0 Å². The number of fused-ring (bicyclic) bond motifs is 1. The quantitative estimate of drug-likeness (QED) is 0.839. The van der Waals surface area contributed by atoms with Gasteiger partial charge in [0.25, 0.3) is 0 Å². The molecule has 4 heteroatoms. The highest BCUT2D eigenvalue weighted by Gasteiger charge is 2.15. The summed E-state index contributed by atoms with van der Waals surface area (Å²) in [5, 5.41) is 19.7. The molecule has 0 bridgehead atoms. The van der Waals surface area contributed by atoms with Crippen LogP contribution in [0.25, 0.3) is 10.8 Å². The number of aromatic hydroxyl groups is 1. The number of hydrogen-bond acceptors (Lipinski definition) is 2. The van der Waals surface area contributed by atoms with Crippen LogP contribution < -0.4 is 0 Å². The SMILES string of the molecule is CCc1c(C(=O)O)cc(O)c2ccc(F)cc12. The molecule has 0 fully saturated rings. The van der Waals surface area contributed by atoms with Crippen LogP contribution in [0.5, 0.6) is 5.75 Å². The van der Waals surface area contributed by atoms with Crippen LogP contribution in [0.1, 0.15) is 22.8 Å². The van der Waals surface area contributed by atoms with E-state index in [4.69, 9.17) is 5.11 Å². The van der Waals surface area contributed by atoms with Gasteiger partial charge in [-0.15, -0.1) is 0 Å². The minimum Gasteiger partial charge on any atom is -0.507 e. The molecule has 0 aliphatic rings. The molecule has 2 rings (SSSR count). The number of aromatic carboxylic acids is 1. The molecule has 0 aromatic heterocycles. The second kappa shape index (κ2) is 4.05. The van der Waals surface area contributed by atoms with Crippen LogP contribution in [-0.2, 0) is 6.42 Å². The van der Waals surface area contributed by atoms with Crippen molar-refractivity contribution in [3.05, 3.63) is 41.2 Å². The van der Waals surface area contributed by atoms with Gasteiger partial charge in [-0.25, -0.2) is 9.18 Å². The van der Waals surface area contributed by atoms with Gasteiger partial charge in [-0.3, -0.25) is 0 Å².